The molecule has 1 saturated heterocycles. The second-order valence-electron chi connectivity index (χ2n) is 4.32. The van der Waals surface area contributed by atoms with Crippen molar-refractivity contribution in [3.05, 3.63) is 23.9 Å². The van der Waals surface area contributed by atoms with E-state index >= 15 is 0 Å². The first-order chi connectivity index (χ1) is 7.72. The first-order valence-corrected chi connectivity index (χ1v) is 5.64. The van der Waals surface area contributed by atoms with Crippen LogP contribution in [0.4, 0.5) is 4.79 Å². The monoisotopic (exact) mass is 222 g/mol. The van der Waals surface area contributed by atoms with Crippen LogP contribution < -0.4 is 0 Å². The number of methoxy groups -OCH3 is 1. The largest absolute Gasteiger partial charge is 0.452 e. The molecule has 0 aliphatic carbocycles. The number of carbonyl (C=O) groups is 1. The maximum atomic E-state index is 11.4. The molecule has 0 N–H and O–H groups in total. The van der Waals surface area contributed by atoms with E-state index in [2.05, 4.69) is 18.0 Å². The van der Waals surface area contributed by atoms with Gasteiger partial charge < -0.3 is 4.74 Å². The summed E-state index contributed by atoms with van der Waals surface area (Å²) in [5, 5.41) is 0. The molecule has 2 rings (SSSR count). The van der Waals surface area contributed by atoms with Gasteiger partial charge >= 0.3 is 6.09 Å². The molecule has 0 saturated carbocycles. The Labute approximate surface area is 96.2 Å². The first-order valence-electron chi connectivity index (χ1n) is 5.64. The number of rotatable bonds is 1. The van der Waals surface area contributed by atoms with E-state index in [0.717, 1.165) is 6.54 Å². The Hall–Kier alpha value is -1.29. The third kappa shape index (κ3) is 2.11. The van der Waals surface area contributed by atoms with Crippen LogP contribution in [0.2, 0.25) is 0 Å². The first kappa shape index (κ1) is 11.2. The number of carbonyl (C=O) groups excluding carboxylic acids is 1. The Bertz CT molecular complexity index is 336. The van der Waals surface area contributed by atoms with E-state index in [9.17, 15) is 4.79 Å². The molecule has 2 aliphatic rings. The average Bonchev–Trinajstić information content (AvgIpc) is 2.74. The molecule has 1 atom stereocenters. The van der Waals surface area contributed by atoms with Crippen LogP contribution in [0, 0.1) is 0 Å². The van der Waals surface area contributed by atoms with E-state index in [1.54, 1.807) is 11.1 Å². The van der Waals surface area contributed by atoms with Crippen molar-refractivity contribution in [2.75, 3.05) is 27.2 Å². The van der Waals surface area contributed by atoms with Crippen LogP contribution in [-0.2, 0) is 4.74 Å². The Kier molecular flexibility index (Phi) is 3.29. The highest BCUT2D eigenvalue weighted by Crippen LogP contribution is 2.24. The zero-order valence-electron chi connectivity index (χ0n) is 9.85. The smallest absolute Gasteiger partial charge is 0.413 e. The van der Waals surface area contributed by atoms with Crippen LogP contribution >= 0.6 is 0 Å². The molecule has 0 spiro atoms. The fourth-order valence-electron chi connectivity index (χ4n) is 2.41. The Balaban J connectivity index is 2.04. The summed E-state index contributed by atoms with van der Waals surface area (Å²) >= 11 is 0. The predicted molar refractivity (Wildman–Crippen MR) is 62.0 cm³/mol. The van der Waals surface area contributed by atoms with Gasteiger partial charge in [-0.3, -0.25) is 9.80 Å². The average molecular weight is 222 g/mol. The fraction of sp³-hybridized carbons (Fsp3) is 0.583. The molecule has 1 fully saturated rings. The highest BCUT2D eigenvalue weighted by Gasteiger charge is 2.27. The topological polar surface area (TPSA) is 32.8 Å². The summed E-state index contributed by atoms with van der Waals surface area (Å²) < 4.78 is 4.72. The van der Waals surface area contributed by atoms with E-state index in [1.165, 1.54) is 25.5 Å². The number of allylic oxidation sites excluding steroid dienone is 2. The molecule has 0 radical (unpaired) electrons. The Morgan fingerprint density at radius 2 is 2.38 bits per heavy atom. The highest BCUT2D eigenvalue weighted by molar-refractivity contribution is 5.69. The minimum absolute atomic E-state index is 0.289. The Morgan fingerprint density at radius 3 is 3.00 bits per heavy atom. The van der Waals surface area contributed by atoms with Crippen molar-refractivity contribution in [3.8, 4) is 0 Å². The van der Waals surface area contributed by atoms with Gasteiger partial charge in [0.1, 0.15) is 0 Å². The lowest BCUT2D eigenvalue weighted by Gasteiger charge is -2.28. The Morgan fingerprint density at radius 1 is 1.56 bits per heavy atom. The number of ether oxygens (including phenoxy) is 1. The molecule has 4 nitrogen and oxygen atoms in total. The van der Waals surface area contributed by atoms with Gasteiger partial charge in [-0.2, -0.15) is 0 Å². The highest BCUT2D eigenvalue weighted by atomic mass is 16.5. The summed E-state index contributed by atoms with van der Waals surface area (Å²) in [4.78, 5) is 15.4. The van der Waals surface area contributed by atoms with E-state index in [-0.39, 0.29) is 6.09 Å². The third-order valence-electron chi connectivity index (χ3n) is 3.29. The SMILES string of the molecule is COC(=O)N1C=CC=C([C@@H]2CCCN2C)C1. The van der Waals surface area contributed by atoms with Crippen molar-refractivity contribution >= 4 is 6.09 Å². The number of nitrogens with zero attached hydrogens (tertiary/aromatic N) is 2. The van der Waals surface area contributed by atoms with Crippen LogP contribution in [-0.4, -0.2) is 49.2 Å². The number of hydrogen-bond donors (Lipinski definition) is 0. The van der Waals surface area contributed by atoms with Gasteiger partial charge in [-0.1, -0.05) is 6.08 Å². The van der Waals surface area contributed by atoms with Gasteiger partial charge in [-0.25, -0.2) is 4.79 Å². The van der Waals surface area contributed by atoms with Crippen molar-refractivity contribution in [2.24, 2.45) is 0 Å². The number of amides is 1. The van der Waals surface area contributed by atoms with E-state index in [1.807, 2.05) is 6.08 Å². The minimum Gasteiger partial charge on any atom is -0.452 e. The number of likely N-dealkylation sites (N-methyl/N-ethyl adjacent to an activating group) is 1. The third-order valence-corrected chi connectivity index (χ3v) is 3.29. The van der Waals surface area contributed by atoms with Gasteiger partial charge in [-0.05, 0) is 38.1 Å². The normalized spacial score (nSPS) is 25.8. The molecule has 0 bridgehead atoms. The molecule has 0 aromatic carbocycles. The summed E-state index contributed by atoms with van der Waals surface area (Å²) in [6, 6.07) is 0.483. The molecule has 0 unspecified atom stereocenters. The minimum atomic E-state index is -0.289. The van der Waals surface area contributed by atoms with Gasteiger partial charge in [0.25, 0.3) is 0 Å². The fourth-order valence-corrected chi connectivity index (χ4v) is 2.41. The van der Waals surface area contributed by atoms with Crippen LogP contribution in [0.25, 0.3) is 0 Å². The van der Waals surface area contributed by atoms with Crippen molar-refractivity contribution in [3.63, 3.8) is 0 Å². The molecule has 88 valence electrons. The van der Waals surface area contributed by atoms with E-state index in [4.69, 9.17) is 4.74 Å². The van der Waals surface area contributed by atoms with Gasteiger partial charge in [0, 0.05) is 12.2 Å². The molecule has 4 heteroatoms. The van der Waals surface area contributed by atoms with E-state index in [0.29, 0.717) is 12.6 Å². The second-order valence-corrected chi connectivity index (χ2v) is 4.32. The number of likely N-dealkylation sites (tertiary alicyclic amines) is 1. The maximum absolute atomic E-state index is 11.4. The van der Waals surface area contributed by atoms with Crippen molar-refractivity contribution in [1.82, 2.24) is 9.80 Å². The molecular formula is C12H18N2O2. The summed E-state index contributed by atoms with van der Waals surface area (Å²) in [6.45, 7) is 1.79. The van der Waals surface area contributed by atoms with Gasteiger partial charge in [0.15, 0.2) is 0 Å². The van der Waals surface area contributed by atoms with Gasteiger partial charge in [-0.15, -0.1) is 0 Å². The molecule has 0 aromatic heterocycles. The second kappa shape index (κ2) is 4.70. The molecular weight excluding hydrogens is 204 g/mol. The molecule has 2 aliphatic heterocycles. The van der Waals surface area contributed by atoms with Crippen LogP contribution in [0.5, 0.6) is 0 Å². The van der Waals surface area contributed by atoms with Crippen LogP contribution in [0.3, 0.4) is 0 Å². The lowest BCUT2D eigenvalue weighted by atomic mass is 10.0. The van der Waals surface area contributed by atoms with Crippen molar-refractivity contribution in [1.29, 1.82) is 0 Å². The van der Waals surface area contributed by atoms with Crippen molar-refractivity contribution < 1.29 is 9.53 Å². The van der Waals surface area contributed by atoms with Gasteiger partial charge in [0.05, 0.1) is 13.7 Å². The number of hydrogen-bond acceptors (Lipinski definition) is 3. The standard InChI is InChI=1S/C12H18N2O2/c1-13-7-4-6-11(13)10-5-3-8-14(9-10)12(15)16-2/h3,5,8,11H,4,6-7,9H2,1-2H3/t11-/m0/s1. The lowest BCUT2D eigenvalue weighted by Crippen LogP contribution is -2.36. The molecule has 0 aromatic rings. The molecule has 16 heavy (non-hydrogen) atoms. The predicted octanol–water partition coefficient (Wildman–Crippen LogP) is 1.60. The summed E-state index contributed by atoms with van der Waals surface area (Å²) in [6.07, 6.45) is 7.94. The van der Waals surface area contributed by atoms with Crippen LogP contribution in [0.15, 0.2) is 23.9 Å². The quantitative estimate of drug-likeness (QED) is 0.675. The van der Waals surface area contributed by atoms with Crippen LogP contribution in [0.1, 0.15) is 12.8 Å². The van der Waals surface area contributed by atoms with Crippen molar-refractivity contribution in [2.45, 2.75) is 18.9 Å². The zero-order valence-corrected chi connectivity index (χ0v) is 9.85. The van der Waals surface area contributed by atoms with Gasteiger partial charge in [0.2, 0.25) is 0 Å². The summed E-state index contributed by atoms with van der Waals surface area (Å²) in [7, 11) is 3.55. The molecule has 1 amide bonds. The molecule has 2 heterocycles. The zero-order chi connectivity index (χ0) is 11.5. The lowest BCUT2D eigenvalue weighted by molar-refractivity contribution is 0.141. The summed E-state index contributed by atoms with van der Waals surface area (Å²) in [5.74, 6) is 0. The maximum Gasteiger partial charge on any atom is 0.413 e. The van der Waals surface area contributed by atoms with E-state index < -0.39 is 0 Å². The summed E-state index contributed by atoms with van der Waals surface area (Å²) in [5.41, 5.74) is 1.30.